The van der Waals surface area contributed by atoms with Crippen molar-refractivity contribution in [2.45, 2.75) is 38.8 Å². The van der Waals surface area contributed by atoms with E-state index in [1.165, 1.54) is 15.6 Å². The number of thiazole rings is 1. The fourth-order valence-electron chi connectivity index (χ4n) is 3.89. The molecule has 1 aliphatic heterocycles. The van der Waals surface area contributed by atoms with Crippen LogP contribution >= 0.6 is 11.3 Å². The van der Waals surface area contributed by atoms with Crippen molar-refractivity contribution in [3.8, 4) is 5.75 Å². The summed E-state index contributed by atoms with van der Waals surface area (Å²) in [7, 11) is -3.51. The number of aromatic nitrogens is 2. The van der Waals surface area contributed by atoms with Crippen LogP contribution in [0, 0.1) is 0 Å². The van der Waals surface area contributed by atoms with Crippen LogP contribution in [0.15, 0.2) is 42.6 Å². The highest BCUT2D eigenvalue weighted by atomic mass is 32.2. The molecule has 1 amide bonds. The number of nitrogens with zero attached hydrogens (tertiary/aromatic N) is 4. The third-order valence-corrected chi connectivity index (χ3v) is 7.70. The Morgan fingerprint density at radius 2 is 2.12 bits per heavy atom. The van der Waals surface area contributed by atoms with Crippen LogP contribution in [0.1, 0.15) is 31.9 Å². The van der Waals surface area contributed by atoms with Gasteiger partial charge in [0.1, 0.15) is 11.8 Å². The summed E-state index contributed by atoms with van der Waals surface area (Å²) in [6, 6.07) is 10.4. The summed E-state index contributed by atoms with van der Waals surface area (Å²) in [5, 5.41) is 0.517. The number of benzene rings is 1. The molecule has 170 valence electrons. The Hall–Kier alpha value is -2.56. The van der Waals surface area contributed by atoms with E-state index in [0.29, 0.717) is 30.4 Å². The molecule has 0 radical (unpaired) electrons. The predicted octanol–water partition coefficient (Wildman–Crippen LogP) is 3.44. The Balaban J connectivity index is 1.73. The van der Waals surface area contributed by atoms with Gasteiger partial charge in [0, 0.05) is 12.7 Å². The monoisotopic (exact) mass is 474 g/mol. The standard InChI is InChI=1S/C22H26N4O4S2/c1-3-30-17-10-11-18-20(14-17)31-22(24-18)25(15-16-8-4-6-12-23-16)21(27)19-9-5-7-13-26(19)32(2,28)29/h4,6,8,10-12,14,19H,3,5,7,9,13,15H2,1-2H3. The molecule has 0 spiro atoms. The minimum absolute atomic E-state index is 0.214. The fourth-order valence-corrected chi connectivity index (χ4v) is 6.00. The Kier molecular flexibility index (Phi) is 6.73. The SMILES string of the molecule is CCOc1ccc2nc(N(Cc3ccccn3)C(=O)C3CCCCN3S(C)(=O)=O)sc2c1. The molecule has 1 atom stereocenters. The van der Waals surface area contributed by atoms with Gasteiger partial charge in [0.25, 0.3) is 0 Å². The minimum atomic E-state index is -3.51. The van der Waals surface area contributed by atoms with Crippen LogP contribution in [0.3, 0.4) is 0 Å². The van der Waals surface area contributed by atoms with E-state index >= 15 is 0 Å². The summed E-state index contributed by atoms with van der Waals surface area (Å²) in [5.74, 6) is 0.471. The Bertz CT molecular complexity index is 1200. The lowest BCUT2D eigenvalue weighted by molar-refractivity contribution is -0.123. The van der Waals surface area contributed by atoms with E-state index in [1.54, 1.807) is 11.1 Å². The molecule has 1 aliphatic rings. The maximum atomic E-state index is 13.7. The number of piperidine rings is 1. The van der Waals surface area contributed by atoms with Crippen molar-refractivity contribution in [2.24, 2.45) is 0 Å². The van der Waals surface area contributed by atoms with Gasteiger partial charge in [0.05, 0.1) is 35.3 Å². The molecule has 8 nitrogen and oxygen atoms in total. The first kappa shape index (κ1) is 22.6. The van der Waals surface area contributed by atoms with Gasteiger partial charge in [0.15, 0.2) is 5.13 Å². The minimum Gasteiger partial charge on any atom is -0.494 e. The Morgan fingerprint density at radius 1 is 1.28 bits per heavy atom. The molecule has 1 saturated heterocycles. The average Bonchev–Trinajstić information content (AvgIpc) is 3.20. The van der Waals surface area contributed by atoms with Crippen molar-refractivity contribution in [3.63, 3.8) is 0 Å². The van der Waals surface area contributed by atoms with Gasteiger partial charge in [-0.05, 0) is 50.1 Å². The van der Waals surface area contributed by atoms with E-state index in [-0.39, 0.29) is 12.5 Å². The molecule has 0 bridgehead atoms. The molecule has 10 heteroatoms. The molecule has 4 rings (SSSR count). The van der Waals surface area contributed by atoms with Crippen LogP contribution in [0.4, 0.5) is 5.13 Å². The zero-order valence-corrected chi connectivity index (χ0v) is 19.7. The van der Waals surface area contributed by atoms with Crippen molar-refractivity contribution in [1.82, 2.24) is 14.3 Å². The van der Waals surface area contributed by atoms with Crippen molar-refractivity contribution in [1.29, 1.82) is 0 Å². The van der Waals surface area contributed by atoms with Gasteiger partial charge >= 0.3 is 0 Å². The summed E-state index contributed by atoms with van der Waals surface area (Å²) < 4.78 is 32.6. The number of anilines is 1. The van der Waals surface area contributed by atoms with Crippen LogP contribution in [-0.2, 0) is 21.4 Å². The summed E-state index contributed by atoms with van der Waals surface area (Å²) in [5.41, 5.74) is 1.47. The number of pyridine rings is 1. The largest absolute Gasteiger partial charge is 0.494 e. The maximum Gasteiger partial charge on any atom is 0.247 e. The van der Waals surface area contributed by atoms with Crippen molar-refractivity contribution >= 4 is 42.6 Å². The molecular weight excluding hydrogens is 448 g/mol. The van der Waals surface area contributed by atoms with E-state index in [9.17, 15) is 13.2 Å². The molecule has 0 saturated carbocycles. The second kappa shape index (κ2) is 9.51. The lowest BCUT2D eigenvalue weighted by Gasteiger charge is -2.35. The number of ether oxygens (including phenoxy) is 1. The van der Waals surface area contributed by atoms with E-state index in [2.05, 4.69) is 9.97 Å². The Morgan fingerprint density at radius 3 is 2.84 bits per heavy atom. The van der Waals surface area contributed by atoms with Crippen molar-refractivity contribution in [3.05, 3.63) is 48.3 Å². The fraction of sp³-hybridized carbons (Fsp3) is 0.409. The summed E-state index contributed by atoms with van der Waals surface area (Å²) in [4.78, 5) is 24.4. The number of hydrogen-bond acceptors (Lipinski definition) is 7. The third-order valence-electron chi connectivity index (χ3n) is 5.37. The van der Waals surface area contributed by atoms with Crippen LogP contribution < -0.4 is 9.64 Å². The first-order valence-electron chi connectivity index (χ1n) is 10.6. The summed E-state index contributed by atoms with van der Waals surface area (Å²) in [6.45, 7) is 3.05. The van der Waals surface area contributed by atoms with E-state index in [1.807, 2.05) is 43.3 Å². The molecule has 0 N–H and O–H groups in total. The van der Waals surface area contributed by atoms with E-state index in [4.69, 9.17) is 4.74 Å². The molecule has 32 heavy (non-hydrogen) atoms. The maximum absolute atomic E-state index is 13.7. The highest BCUT2D eigenvalue weighted by molar-refractivity contribution is 7.88. The quantitative estimate of drug-likeness (QED) is 0.521. The van der Waals surface area contributed by atoms with E-state index < -0.39 is 16.1 Å². The smallest absolute Gasteiger partial charge is 0.247 e. The zero-order chi connectivity index (χ0) is 22.7. The summed E-state index contributed by atoms with van der Waals surface area (Å²) in [6.07, 6.45) is 4.88. The van der Waals surface area contributed by atoms with Gasteiger partial charge in [0.2, 0.25) is 15.9 Å². The van der Waals surface area contributed by atoms with Crippen LogP contribution in [0.2, 0.25) is 0 Å². The number of amides is 1. The van der Waals surface area contributed by atoms with E-state index in [0.717, 1.165) is 35.1 Å². The number of sulfonamides is 1. The molecule has 3 aromatic rings. The number of carbonyl (C=O) groups is 1. The first-order valence-corrected chi connectivity index (χ1v) is 13.2. The molecular formula is C22H26N4O4S2. The Labute approximate surface area is 191 Å². The van der Waals surface area contributed by atoms with Crippen LogP contribution in [0.5, 0.6) is 5.75 Å². The second-order valence-electron chi connectivity index (χ2n) is 7.69. The lowest BCUT2D eigenvalue weighted by atomic mass is 10.0. The normalized spacial score (nSPS) is 17.4. The number of carbonyl (C=O) groups excluding carboxylic acids is 1. The number of rotatable bonds is 7. The van der Waals surface area contributed by atoms with Gasteiger partial charge < -0.3 is 4.74 Å². The van der Waals surface area contributed by atoms with Gasteiger partial charge in [-0.3, -0.25) is 14.7 Å². The zero-order valence-electron chi connectivity index (χ0n) is 18.1. The highest BCUT2D eigenvalue weighted by Gasteiger charge is 2.38. The second-order valence-corrected chi connectivity index (χ2v) is 10.6. The van der Waals surface area contributed by atoms with Gasteiger partial charge in [-0.25, -0.2) is 13.4 Å². The first-order chi connectivity index (χ1) is 15.4. The van der Waals surface area contributed by atoms with Crippen molar-refractivity contribution < 1.29 is 17.9 Å². The molecule has 0 aliphatic carbocycles. The molecule has 2 aromatic heterocycles. The molecule has 1 fully saturated rings. The molecule has 1 aromatic carbocycles. The number of fused-ring (bicyclic) bond motifs is 1. The van der Waals surface area contributed by atoms with Crippen molar-refractivity contribution in [2.75, 3.05) is 24.3 Å². The lowest BCUT2D eigenvalue weighted by Crippen LogP contribution is -2.52. The summed E-state index contributed by atoms with van der Waals surface area (Å²) >= 11 is 1.38. The van der Waals surface area contributed by atoms with Crippen LogP contribution in [-0.4, -0.2) is 54.0 Å². The molecule has 1 unspecified atom stereocenters. The highest BCUT2D eigenvalue weighted by Crippen LogP contribution is 2.34. The predicted molar refractivity (Wildman–Crippen MR) is 125 cm³/mol. The number of hydrogen-bond donors (Lipinski definition) is 0. The van der Waals surface area contributed by atoms with Gasteiger partial charge in [-0.2, -0.15) is 4.31 Å². The van der Waals surface area contributed by atoms with Gasteiger partial charge in [-0.15, -0.1) is 0 Å². The van der Waals surface area contributed by atoms with Crippen LogP contribution in [0.25, 0.3) is 10.2 Å². The molecule has 3 heterocycles. The topological polar surface area (TPSA) is 92.7 Å². The third kappa shape index (κ3) is 4.92. The van der Waals surface area contributed by atoms with Gasteiger partial charge in [-0.1, -0.05) is 23.8 Å². The average molecular weight is 475 g/mol.